The normalized spacial score (nSPS) is 23.6. The van der Waals surface area contributed by atoms with Crippen LogP contribution in [0, 0.1) is 5.41 Å². The van der Waals surface area contributed by atoms with Crippen molar-refractivity contribution < 1.29 is 10.2 Å². The van der Waals surface area contributed by atoms with Gasteiger partial charge in [-0.15, -0.1) is 0 Å². The van der Waals surface area contributed by atoms with Gasteiger partial charge in [-0.2, -0.15) is 0 Å². The zero-order valence-electron chi connectivity index (χ0n) is 12.1. The van der Waals surface area contributed by atoms with E-state index in [4.69, 9.17) is 0 Å². The Morgan fingerprint density at radius 1 is 0.850 bits per heavy atom. The quantitative estimate of drug-likeness (QED) is 0.821. The standard InChI is InChI=1S/C18H20O2/c1-17(2)11-12-4-7-15(20)10-16(12)18(17,3)13-5-8-14(19)9-6-13/h4-10,19-20H,11H2,1-3H3. The molecule has 0 fully saturated rings. The summed E-state index contributed by atoms with van der Waals surface area (Å²) >= 11 is 0. The maximum absolute atomic E-state index is 9.85. The van der Waals surface area contributed by atoms with Crippen molar-refractivity contribution in [1.82, 2.24) is 0 Å². The number of benzene rings is 2. The Morgan fingerprint density at radius 3 is 2.10 bits per heavy atom. The summed E-state index contributed by atoms with van der Waals surface area (Å²) < 4.78 is 0. The Kier molecular flexibility index (Phi) is 2.62. The first-order valence-corrected chi connectivity index (χ1v) is 6.96. The molecule has 2 heteroatoms. The highest BCUT2D eigenvalue weighted by molar-refractivity contribution is 5.53. The number of phenols is 2. The van der Waals surface area contributed by atoms with Gasteiger partial charge in [0, 0.05) is 5.41 Å². The predicted molar refractivity (Wildman–Crippen MR) is 80.2 cm³/mol. The molecule has 0 amide bonds. The molecule has 1 aliphatic carbocycles. The average molecular weight is 268 g/mol. The molecule has 0 saturated carbocycles. The molecule has 0 radical (unpaired) electrons. The fourth-order valence-electron chi connectivity index (χ4n) is 3.54. The van der Waals surface area contributed by atoms with E-state index < -0.39 is 0 Å². The summed E-state index contributed by atoms with van der Waals surface area (Å²) in [6, 6.07) is 13.1. The first kappa shape index (κ1) is 13.0. The van der Waals surface area contributed by atoms with Crippen LogP contribution in [0.15, 0.2) is 42.5 Å². The summed E-state index contributed by atoms with van der Waals surface area (Å²) in [5, 5.41) is 19.4. The van der Waals surface area contributed by atoms with Gasteiger partial charge in [-0.05, 0) is 52.8 Å². The van der Waals surface area contributed by atoms with Crippen molar-refractivity contribution in [2.75, 3.05) is 0 Å². The molecular weight excluding hydrogens is 248 g/mol. The van der Waals surface area contributed by atoms with Crippen LogP contribution in [0.3, 0.4) is 0 Å². The van der Waals surface area contributed by atoms with Gasteiger partial charge in [0.15, 0.2) is 0 Å². The van der Waals surface area contributed by atoms with E-state index in [1.165, 1.54) is 16.7 Å². The van der Waals surface area contributed by atoms with Gasteiger partial charge in [-0.25, -0.2) is 0 Å². The van der Waals surface area contributed by atoms with Crippen molar-refractivity contribution in [2.45, 2.75) is 32.6 Å². The zero-order chi connectivity index (χ0) is 14.5. The Hall–Kier alpha value is -1.96. The van der Waals surface area contributed by atoms with E-state index in [1.54, 1.807) is 18.2 Å². The number of aromatic hydroxyl groups is 2. The lowest BCUT2D eigenvalue weighted by molar-refractivity contribution is 0.247. The molecule has 0 heterocycles. The zero-order valence-corrected chi connectivity index (χ0v) is 12.1. The molecule has 1 unspecified atom stereocenters. The van der Waals surface area contributed by atoms with Gasteiger partial charge in [0.25, 0.3) is 0 Å². The van der Waals surface area contributed by atoms with Crippen molar-refractivity contribution in [2.24, 2.45) is 5.41 Å². The molecule has 2 nitrogen and oxygen atoms in total. The number of fused-ring (bicyclic) bond motifs is 1. The second-order valence-corrected chi connectivity index (χ2v) is 6.57. The van der Waals surface area contributed by atoms with Crippen LogP contribution >= 0.6 is 0 Å². The molecule has 1 aliphatic rings. The molecule has 0 aliphatic heterocycles. The molecule has 0 spiro atoms. The first-order chi connectivity index (χ1) is 9.34. The molecule has 0 bridgehead atoms. The van der Waals surface area contributed by atoms with Gasteiger partial charge >= 0.3 is 0 Å². The Morgan fingerprint density at radius 2 is 1.45 bits per heavy atom. The number of rotatable bonds is 1. The van der Waals surface area contributed by atoms with Crippen LogP contribution in [0.2, 0.25) is 0 Å². The summed E-state index contributed by atoms with van der Waals surface area (Å²) in [5.41, 5.74) is 3.54. The van der Waals surface area contributed by atoms with Crippen LogP contribution in [0.5, 0.6) is 11.5 Å². The molecule has 20 heavy (non-hydrogen) atoms. The van der Waals surface area contributed by atoms with Crippen LogP contribution in [0.1, 0.15) is 37.5 Å². The largest absolute Gasteiger partial charge is 0.508 e. The highest BCUT2D eigenvalue weighted by atomic mass is 16.3. The molecule has 2 N–H and O–H groups in total. The number of hydrogen-bond donors (Lipinski definition) is 2. The van der Waals surface area contributed by atoms with Crippen molar-refractivity contribution in [3.8, 4) is 11.5 Å². The summed E-state index contributed by atoms with van der Waals surface area (Å²) in [6.07, 6.45) is 0.986. The molecular formula is C18H20O2. The minimum atomic E-state index is -0.172. The van der Waals surface area contributed by atoms with Gasteiger partial charge in [0.05, 0.1) is 0 Å². The van der Waals surface area contributed by atoms with E-state index in [9.17, 15) is 10.2 Å². The van der Waals surface area contributed by atoms with Crippen molar-refractivity contribution in [3.63, 3.8) is 0 Å². The van der Waals surface area contributed by atoms with Crippen LogP contribution in [-0.4, -0.2) is 10.2 Å². The van der Waals surface area contributed by atoms with Crippen LogP contribution in [0.4, 0.5) is 0 Å². The van der Waals surface area contributed by atoms with Gasteiger partial charge < -0.3 is 10.2 Å². The molecule has 104 valence electrons. The molecule has 0 saturated heterocycles. The molecule has 1 atom stereocenters. The van der Waals surface area contributed by atoms with Gasteiger partial charge in [0.2, 0.25) is 0 Å². The van der Waals surface area contributed by atoms with Crippen molar-refractivity contribution >= 4 is 0 Å². The monoisotopic (exact) mass is 268 g/mol. The topological polar surface area (TPSA) is 40.5 Å². The smallest absolute Gasteiger partial charge is 0.115 e. The lowest BCUT2D eigenvalue weighted by Crippen LogP contribution is -2.36. The Labute approximate surface area is 119 Å². The third-order valence-electron chi connectivity index (χ3n) is 5.06. The summed E-state index contributed by atoms with van der Waals surface area (Å²) in [5.74, 6) is 0.593. The van der Waals surface area contributed by atoms with Crippen LogP contribution in [0.25, 0.3) is 0 Å². The fourth-order valence-corrected chi connectivity index (χ4v) is 3.54. The van der Waals surface area contributed by atoms with E-state index in [0.29, 0.717) is 5.75 Å². The second-order valence-electron chi connectivity index (χ2n) is 6.57. The number of phenolic OH excluding ortho intramolecular Hbond substituents is 2. The van der Waals surface area contributed by atoms with E-state index >= 15 is 0 Å². The van der Waals surface area contributed by atoms with Crippen molar-refractivity contribution in [3.05, 3.63) is 59.2 Å². The third kappa shape index (κ3) is 1.64. The van der Waals surface area contributed by atoms with Crippen molar-refractivity contribution in [1.29, 1.82) is 0 Å². The van der Waals surface area contributed by atoms with Gasteiger partial charge in [-0.3, -0.25) is 0 Å². The highest BCUT2D eigenvalue weighted by Crippen LogP contribution is 2.55. The summed E-state index contributed by atoms with van der Waals surface area (Å²) in [6.45, 7) is 6.75. The molecule has 2 aromatic rings. The van der Waals surface area contributed by atoms with Gasteiger partial charge in [-0.1, -0.05) is 39.0 Å². The van der Waals surface area contributed by atoms with Crippen LogP contribution < -0.4 is 0 Å². The number of hydrogen-bond acceptors (Lipinski definition) is 2. The van der Waals surface area contributed by atoms with E-state index in [-0.39, 0.29) is 16.6 Å². The highest BCUT2D eigenvalue weighted by Gasteiger charge is 2.49. The second kappa shape index (κ2) is 4.02. The molecule has 0 aromatic heterocycles. The first-order valence-electron chi connectivity index (χ1n) is 6.96. The van der Waals surface area contributed by atoms with E-state index in [1.807, 2.05) is 24.3 Å². The lowest BCUT2D eigenvalue weighted by atomic mass is 9.63. The summed E-state index contributed by atoms with van der Waals surface area (Å²) in [4.78, 5) is 0. The maximum Gasteiger partial charge on any atom is 0.115 e. The minimum Gasteiger partial charge on any atom is -0.508 e. The Bertz CT molecular complexity index is 656. The van der Waals surface area contributed by atoms with E-state index in [0.717, 1.165) is 6.42 Å². The Balaban J connectivity index is 2.25. The van der Waals surface area contributed by atoms with Crippen LogP contribution in [-0.2, 0) is 11.8 Å². The van der Waals surface area contributed by atoms with Gasteiger partial charge in [0.1, 0.15) is 11.5 Å². The summed E-state index contributed by atoms with van der Waals surface area (Å²) in [7, 11) is 0. The molecule has 3 rings (SSSR count). The lowest BCUT2D eigenvalue weighted by Gasteiger charge is -2.40. The predicted octanol–water partition coefficient (Wildman–Crippen LogP) is 3.99. The average Bonchev–Trinajstić information content (AvgIpc) is 2.59. The third-order valence-corrected chi connectivity index (χ3v) is 5.06. The fraction of sp³-hybridized carbons (Fsp3) is 0.333. The van der Waals surface area contributed by atoms with E-state index in [2.05, 4.69) is 20.8 Å². The molecule has 2 aromatic carbocycles. The minimum absolute atomic E-state index is 0.0557. The SMILES string of the molecule is CC1(C)Cc2ccc(O)cc2C1(C)c1ccc(O)cc1. The maximum atomic E-state index is 9.85.